The predicted octanol–water partition coefficient (Wildman–Crippen LogP) is 2.32. The molecule has 1 aliphatic rings. The van der Waals surface area contributed by atoms with Gasteiger partial charge in [-0.1, -0.05) is 40.2 Å². The van der Waals surface area contributed by atoms with Crippen LogP contribution in [0.4, 0.5) is 0 Å². The lowest BCUT2D eigenvalue weighted by Crippen LogP contribution is -2.54. The molecule has 8 nitrogen and oxygen atoms in total. The lowest BCUT2D eigenvalue weighted by molar-refractivity contribution is -0.136. The molecule has 8 heteroatoms. The molecule has 1 aliphatic heterocycles. The molecule has 1 heterocycles. The van der Waals surface area contributed by atoms with Gasteiger partial charge in [0, 0.05) is 31.2 Å². The van der Waals surface area contributed by atoms with Gasteiger partial charge in [-0.2, -0.15) is 0 Å². The van der Waals surface area contributed by atoms with Crippen molar-refractivity contribution in [3.63, 3.8) is 0 Å². The minimum atomic E-state index is -1.04. The second-order valence-corrected chi connectivity index (χ2v) is 9.39. The van der Waals surface area contributed by atoms with Gasteiger partial charge in [0.25, 0.3) is 0 Å². The molecular weight excluding hydrogens is 408 g/mol. The molecule has 0 aromatic rings. The molecule has 0 saturated carbocycles. The molecule has 1 fully saturated rings. The van der Waals surface area contributed by atoms with E-state index in [9.17, 15) is 19.2 Å². The normalized spacial score (nSPS) is 25.8. The minimum absolute atomic E-state index is 0.00883. The largest absolute Gasteiger partial charge is 0.386 e. The van der Waals surface area contributed by atoms with Crippen LogP contribution in [0.15, 0.2) is 12.4 Å². The Balaban J connectivity index is 3.12. The van der Waals surface area contributed by atoms with Gasteiger partial charge < -0.3 is 21.7 Å². The van der Waals surface area contributed by atoms with E-state index < -0.39 is 17.5 Å². The average molecular weight is 451 g/mol. The SMILES string of the molecule is C=C(N)NCCC[C@@H]1CC(=O)[C@](C)(NC(=O)C(C)C)CCCCCC(=O)[C@H](CC)NC1=O. The first kappa shape index (κ1) is 27.7. The molecule has 0 spiro atoms. The summed E-state index contributed by atoms with van der Waals surface area (Å²) >= 11 is 0. The fraction of sp³-hybridized carbons (Fsp3) is 0.750. The zero-order valence-corrected chi connectivity index (χ0v) is 20.2. The number of carbonyl (C=O) groups is 4. The molecule has 32 heavy (non-hydrogen) atoms. The maximum Gasteiger partial charge on any atom is 0.224 e. The third-order valence-electron chi connectivity index (χ3n) is 6.14. The fourth-order valence-corrected chi connectivity index (χ4v) is 3.89. The Morgan fingerprint density at radius 2 is 1.94 bits per heavy atom. The van der Waals surface area contributed by atoms with Crippen molar-refractivity contribution in [3.05, 3.63) is 12.4 Å². The van der Waals surface area contributed by atoms with Gasteiger partial charge in [-0.05, 0) is 39.0 Å². The van der Waals surface area contributed by atoms with Crippen molar-refractivity contribution in [2.45, 2.75) is 97.1 Å². The Morgan fingerprint density at radius 1 is 1.25 bits per heavy atom. The van der Waals surface area contributed by atoms with E-state index in [2.05, 4.69) is 22.5 Å². The Hall–Kier alpha value is -2.38. The van der Waals surface area contributed by atoms with E-state index in [0.29, 0.717) is 50.9 Å². The molecule has 182 valence electrons. The predicted molar refractivity (Wildman–Crippen MR) is 125 cm³/mol. The van der Waals surface area contributed by atoms with Crippen LogP contribution in [0.25, 0.3) is 0 Å². The molecule has 0 unspecified atom stereocenters. The quantitative estimate of drug-likeness (QED) is 0.420. The number of amides is 2. The molecule has 1 rings (SSSR count). The number of carbonyl (C=O) groups excluding carboxylic acids is 4. The topological polar surface area (TPSA) is 130 Å². The van der Waals surface area contributed by atoms with E-state index in [0.717, 1.165) is 12.8 Å². The first-order chi connectivity index (χ1) is 15.0. The molecule has 3 atom stereocenters. The first-order valence-corrected chi connectivity index (χ1v) is 11.9. The molecule has 0 aromatic heterocycles. The summed E-state index contributed by atoms with van der Waals surface area (Å²) in [4.78, 5) is 51.5. The highest BCUT2D eigenvalue weighted by molar-refractivity contribution is 5.96. The monoisotopic (exact) mass is 450 g/mol. The Labute approximate surface area is 192 Å². The third-order valence-corrected chi connectivity index (χ3v) is 6.14. The molecule has 5 N–H and O–H groups in total. The molecule has 0 bridgehead atoms. The van der Waals surface area contributed by atoms with Crippen LogP contribution >= 0.6 is 0 Å². The zero-order chi connectivity index (χ0) is 24.3. The van der Waals surface area contributed by atoms with E-state index in [-0.39, 0.29) is 35.7 Å². The highest BCUT2D eigenvalue weighted by Gasteiger charge is 2.37. The summed E-state index contributed by atoms with van der Waals surface area (Å²) < 4.78 is 0. The van der Waals surface area contributed by atoms with Crippen LogP contribution in [0.1, 0.15) is 85.5 Å². The van der Waals surface area contributed by atoms with E-state index in [4.69, 9.17) is 5.73 Å². The van der Waals surface area contributed by atoms with Crippen molar-refractivity contribution < 1.29 is 19.2 Å². The highest BCUT2D eigenvalue weighted by atomic mass is 16.2. The van der Waals surface area contributed by atoms with E-state index in [1.165, 1.54) is 0 Å². The van der Waals surface area contributed by atoms with Crippen LogP contribution in [0, 0.1) is 11.8 Å². The highest BCUT2D eigenvalue weighted by Crippen LogP contribution is 2.24. The fourth-order valence-electron chi connectivity index (χ4n) is 3.89. The van der Waals surface area contributed by atoms with Crippen molar-refractivity contribution in [3.8, 4) is 0 Å². The summed E-state index contributed by atoms with van der Waals surface area (Å²) in [5.74, 6) is -1.08. The van der Waals surface area contributed by atoms with Gasteiger partial charge in [-0.15, -0.1) is 0 Å². The van der Waals surface area contributed by atoms with Crippen LogP contribution in [0.2, 0.25) is 0 Å². The molecule has 1 saturated heterocycles. The van der Waals surface area contributed by atoms with E-state index >= 15 is 0 Å². The lowest BCUT2D eigenvalue weighted by atomic mass is 9.83. The number of nitrogens with two attached hydrogens (primary N) is 1. The van der Waals surface area contributed by atoms with Crippen molar-refractivity contribution in [2.24, 2.45) is 17.6 Å². The van der Waals surface area contributed by atoms with Gasteiger partial charge in [0.15, 0.2) is 11.6 Å². The van der Waals surface area contributed by atoms with E-state index in [1.807, 2.05) is 6.92 Å². The number of nitrogens with one attached hydrogen (secondary N) is 3. The zero-order valence-electron chi connectivity index (χ0n) is 20.2. The summed E-state index contributed by atoms with van der Waals surface area (Å²) in [5.41, 5.74) is 4.50. The summed E-state index contributed by atoms with van der Waals surface area (Å²) in [6.07, 6.45) is 4.68. The number of hydrogen-bond acceptors (Lipinski definition) is 6. The Morgan fingerprint density at radius 3 is 2.53 bits per heavy atom. The maximum absolute atomic E-state index is 13.4. The van der Waals surface area contributed by atoms with Crippen LogP contribution in [-0.2, 0) is 19.2 Å². The maximum atomic E-state index is 13.4. The summed E-state index contributed by atoms with van der Waals surface area (Å²) in [7, 11) is 0. The number of hydrogen-bond donors (Lipinski definition) is 4. The average Bonchev–Trinajstić information content (AvgIpc) is 2.72. The molecule has 2 amide bonds. The molecule has 0 aromatic carbocycles. The van der Waals surface area contributed by atoms with Crippen molar-refractivity contribution in [1.29, 1.82) is 0 Å². The van der Waals surface area contributed by atoms with Gasteiger partial charge in [-0.25, -0.2) is 0 Å². The number of Topliss-reactive ketones (excluding diaryl/α,β-unsaturated/α-hetero) is 2. The second kappa shape index (κ2) is 13.2. The smallest absolute Gasteiger partial charge is 0.224 e. The van der Waals surface area contributed by atoms with Gasteiger partial charge >= 0.3 is 0 Å². The van der Waals surface area contributed by atoms with Crippen LogP contribution in [0.3, 0.4) is 0 Å². The van der Waals surface area contributed by atoms with Crippen molar-refractivity contribution in [2.75, 3.05) is 6.54 Å². The lowest BCUT2D eigenvalue weighted by Gasteiger charge is -2.32. The summed E-state index contributed by atoms with van der Waals surface area (Å²) in [6.45, 7) is 11.3. The second-order valence-electron chi connectivity index (χ2n) is 9.39. The van der Waals surface area contributed by atoms with Crippen LogP contribution in [-0.4, -0.2) is 41.5 Å². The molecule has 0 aliphatic carbocycles. The molecular formula is C24H42N4O4. The van der Waals surface area contributed by atoms with Gasteiger partial charge in [-0.3, -0.25) is 19.2 Å². The minimum Gasteiger partial charge on any atom is -0.386 e. The molecule has 0 radical (unpaired) electrons. The van der Waals surface area contributed by atoms with Crippen LogP contribution < -0.4 is 21.7 Å². The standard InChI is InChI=1S/C24H42N4O4/c1-6-19-20(29)12-8-7-9-13-24(5,28-22(31)16(2)3)21(30)15-18(23(32)27-19)11-10-14-26-17(4)25/h16,18-19,26H,4,6-15,25H2,1-3,5H3,(H,27,32)(H,28,31)/t18-,19+,24-/m1/s1. The van der Waals surface area contributed by atoms with E-state index in [1.54, 1.807) is 20.8 Å². The number of ketones is 2. The van der Waals surface area contributed by atoms with Gasteiger partial charge in [0.2, 0.25) is 11.8 Å². The Kier molecular flexibility index (Phi) is 11.4. The summed E-state index contributed by atoms with van der Waals surface area (Å²) in [5, 5.41) is 8.73. The van der Waals surface area contributed by atoms with Gasteiger partial charge in [0.1, 0.15) is 0 Å². The van der Waals surface area contributed by atoms with Gasteiger partial charge in [0.05, 0.1) is 17.4 Å². The summed E-state index contributed by atoms with van der Waals surface area (Å²) in [6, 6.07) is -0.533. The first-order valence-electron chi connectivity index (χ1n) is 11.9. The van der Waals surface area contributed by atoms with Crippen LogP contribution in [0.5, 0.6) is 0 Å². The van der Waals surface area contributed by atoms with Crippen molar-refractivity contribution in [1.82, 2.24) is 16.0 Å². The van der Waals surface area contributed by atoms with Crippen molar-refractivity contribution >= 4 is 23.4 Å². The number of rotatable bonds is 8. The third kappa shape index (κ3) is 9.01. The Bertz CT molecular complexity index is 691.